The Morgan fingerprint density at radius 1 is 1.08 bits per heavy atom. The van der Waals surface area contributed by atoms with Crippen LogP contribution >= 0.6 is 0 Å². The van der Waals surface area contributed by atoms with Gasteiger partial charge in [0, 0.05) is 5.69 Å². The highest BCUT2D eigenvalue weighted by Crippen LogP contribution is 2.27. The van der Waals surface area contributed by atoms with Gasteiger partial charge in [0.25, 0.3) is 0 Å². The zero-order valence-corrected chi connectivity index (χ0v) is 9.23. The molecule has 13 heavy (non-hydrogen) atoms. The zero-order valence-electron chi connectivity index (χ0n) is 9.23. The van der Waals surface area contributed by atoms with Crippen LogP contribution < -0.4 is 5.73 Å². The Labute approximate surface area is 81.0 Å². The maximum atomic E-state index is 5.92. The molecule has 0 aliphatic heterocycles. The first kappa shape index (κ1) is 10.1. The maximum absolute atomic E-state index is 5.92. The standard InChI is InChI=1S/C12H19N/c1-8-6-10(12(3,4)5)7-11(13)9(8)2/h6-7H,13H2,1-5H3. The molecule has 0 unspecified atom stereocenters. The van der Waals surface area contributed by atoms with Gasteiger partial charge in [-0.1, -0.05) is 26.8 Å². The highest BCUT2D eigenvalue weighted by molar-refractivity contribution is 5.53. The number of anilines is 1. The normalized spacial score (nSPS) is 11.8. The van der Waals surface area contributed by atoms with E-state index in [1.807, 2.05) is 0 Å². The van der Waals surface area contributed by atoms with Crippen LogP contribution in [0.5, 0.6) is 0 Å². The lowest BCUT2D eigenvalue weighted by Gasteiger charge is -2.21. The van der Waals surface area contributed by atoms with E-state index < -0.39 is 0 Å². The van der Waals surface area contributed by atoms with Crippen molar-refractivity contribution in [3.63, 3.8) is 0 Å². The van der Waals surface area contributed by atoms with Crippen LogP contribution in [0, 0.1) is 13.8 Å². The fourth-order valence-corrected chi connectivity index (χ4v) is 1.32. The van der Waals surface area contributed by atoms with Crippen molar-refractivity contribution in [2.24, 2.45) is 0 Å². The first-order valence-corrected chi connectivity index (χ1v) is 4.69. The average molecular weight is 177 g/mol. The monoisotopic (exact) mass is 177 g/mol. The van der Waals surface area contributed by atoms with Crippen molar-refractivity contribution in [3.05, 3.63) is 28.8 Å². The van der Waals surface area contributed by atoms with E-state index in [9.17, 15) is 0 Å². The number of nitrogens with two attached hydrogens (primary N) is 1. The summed E-state index contributed by atoms with van der Waals surface area (Å²) < 4.78 is 0. The summed E-state index contributed by atoms with van der Waals surface area (Å²) in [7, 11) is 0. The fraction of sp³-hybridized carbons (Fsp3) is 0.500. The Balaban J connectivity index is 3.29. The van der Waals surface area contributed by atoms with E-state index >= 15 is 0 Å². The molecule has 0 saturated carbocycles. The molecule has 0 saturated heterocycles. The van der Waals surface area contributed by atoms with E-state index in [1.165, 1.54) is 16.7 Å². The average Bonchev–Trinajstić information content (AvgIpc) is 1.97. The Morgan fingerprint density at radius 3 is 2.00 bits per heavy atom. The number of rotatable bonds is 0. The molecule has 72 valence electrons. The van der Waals surface area contributed by atoms with Crippen molar-refractivity contribution in [3.8, 4) is 0 Å². The first-order valence-electron chi connectivity index (χ1n) is 4.69. The summed E-state index contributed by atoms with van der Waals surface area (Å²) in [4.78, 5) is 0. The highest BCUT2D eigenvalue weighted by atomic mass is 14.6. The summed E-state index contributed by atoms with van der Waals surface area (Å²) in [6, 6.07) is 4.31. The van der Waals surface area contributed by atoms with E-state index in [-0.39, 0.29) is 5.41 Å². The summed E-state index contributed by atoms with van der Waals surface area (Å²) >= 11 is 0. The van der Waals surface area contributed by atoms with Crippen LogP contribution in [0.15, 0.2) is 12.1 Å². The first-order chi connectivity index (χ1) is 5.82. The third-order valence-electron chi connectivity index (χ3n) is 2.57. The minimum Gasteiger partial charge on any atom is -0.398 e. The summed E-state index contributed by atoms with van der Waals surface area (Å²) in [6.07, 6.45) is 0. The quantitative estimate of drug-likeness (QED) is 0.605. The van der Waals surface area contributed by atoms with Crippen LogP contribution in [0.2, 0.25) is 0 Å². The molecule has 0 amide bonds. The van der Waals surface area contributed by atoms with Crippen molar-refractivity contribution < 1.29 is 0 Å². The van der Waals surface area contributed by atoms with E-state index in [0.717, 1.165) is 5.69 Å². The molecule has 1 heteroatoms. The Bertz CT molecular complexity index is 295. The molecule has 1 rings (SSSR count). The summed E-state index contributed by atoms with van der Waals surface area (Å²) in [5.41, 5.74) is 10.8. The van der Waals surface area contributed by atoms with Crippen LogP contribution in [0.25, 0.3) is 0 Å². The lowest BCUT2D eigenvalue weighted by Crippen LogP contribution is -2.12. The minimum atomic E-state index is 0.187. The molecule has 0 aliphatic rings. The number of benzene rings is 1. The van der Waals surface area contributed by atoms with E-state index in [4.69, 9.17) is 5.73 Å². The molecule has 0 atom stereocenters. The molecule has 0 heterocycles. The summed E-state index contributed by atoms with van der Waals surface area (Å²) in [6.45, 7) is 10.8. The lowest BCUT2D eigenvalue weighted by molar-refractivity contribution is 0.590. The van der Waals surface area contributed by atoms with Gasteiger partial charge in [-0.05, 0) is 42.0 Å². The minimum absolute atomic E-state index is 0.187. The van der Waals surface area contributed by atoms with Crippen LogP contribution in [-0.2, 0) is 5.41 Å². The van der Waals surface area contributed by atoms with Gasteiger partial charge in [0.2, 0.25) is 0 Å². The van der Waals surface area contributed by atoms with Gasteiger partial charge >= 0.3 is 0 Å². The fourth-order valence-electron chi connectivity index (χ4n) is 1.32. The highest BCUT2D eigenvalue weighted by Gasteiger charge is 2.15. The van der Waals surface area contributed by atoms with E-state index in [0.29, 0.717) is 0 Å². The second kappa shape index (κ2) is 3.06. The number of nitrogen functional groups attached to an aromatic ring is 1. The molecule has 0 aliphatic carbocycles. The predicted molar refractivity (Wildman–Crippen MR) is 59.0 cm³/mol. The van der Waals surface area contributed by atoms with Gasteiger partial charge in [-0.2, -0.15) is 0 Å². The van der Waals surface area contributed by atoms with Crippen molar-refractivity contribution in [1.82, 2.24) is 0 Å². The SMILES string of the molecule is Cc1cc(C(C)(C)C)cc(N)c1C. The predicted octanol–water partition coefficient (Wildman–Crippen LogP) is 3.18. The number of hydrogen-bond acceptors (Lipinski definition) is 1. The van der Waals surface area contributed by atoms with Crippen LogP contribution in [0.3, 0.4) is 0 Å². The van der Waals surface area contributed by atoms with Gasteiger partial charge in [0.15, 0.2) is 0 Å². The molecular weight excluding hydrogens is 158 g/mol. The molecule has 0 radical (unpaired) electrons. The van der Waals surface area contributed by atoms with Crippen molar-refractivity contribution >= 4 is 5.69 Å². The molecular formula is C12H19N. The smallest absolute Gasteiger partial charge is 0.0349 e. The van der Waals surface area contributed by atoms with Crippen molar-refractivity contribution in [2.75, 3.05) is 5.73 Å². The molecule has 0 bridgehead atoms. The zero-order chi connectivity index (χ0) is 10.2. The molecule has 0 spiro atoms. The molecule has 0 aromatic heterocycles. The van der Waals surface area contributed by atoms with Crippen LogP contribution in [0.1, 0.15) is 37.5 Å². The van der Waals surface area contributed by atoms with Crippen molar-refractivity contribution in [1.29, 1.82) is 0 Å². The number of aryl methyl sites for hydroxylation is 1. The second-order valence-electron chi connectivity index (χ2n) is 4.76. The third kappa shape index (κ3) is 2.03. The second-order valence-corrected chi connectivity index (χ2v) is 4.76. The molecule has 1 aromatic rings. The number of hydrogen-bond donors (Lipinski definition) is 1. The van der Waals surface area contributed by atoms with E-state index in [2.05, 4.69) is 46.8 Å². The van der Waals surface area contributed by atoms with Gasteiger partial charge < -0.3 is 5.73 Å². The third-order valence-corrected chi connectivity index (χ3v) is 2.57. The largest absolute Gasteiger partial charge is 0.398 e. The Morgan fingerprint density at radius 2 is 1.62 bits per heavy atom. The van der Waals surface area contributed by atoms with Gasteiger partial charge in [0.1, 0.15) is 0 Å². The van der Waals surface area contributed by atoms with E-state index in [1.54, 1.807) is 0 Å². The van der Waals surface area contributed by atoms with Crippen LogP contribution in [0.4, 0.5) is 5.69 Å². The Hall–Kier alpha value is -0.980. The Kier molecular flexibility index (Phi) is 2.38. The van der Waals surface area contributed by atoms with Crippen molar-refractivity contribution in [2.45, 2.75) is 40.0 Å². The molecule has 1 nitrogen and oxygen atoms in total. The topological polar surface area (TPSA) is 26.0 Å². The summed E-state index contributed by atoms with van der Waals surface area (Å²) in [5.74, 6) is 0. The molecule has 2 N–H and O–H groups in total. The molecule has 1 aromatic carbocycles. The molecule has 0 fully saturated rings. The van der Waals surface area contributed by atoms with Gasteiger partial charge in [0.05, 0.1) is 0 Å². The summed E-state index contributed by atoms with van der Waals surface area (Å²) in [5, 5.41) is 0. The maximum Gasteiger partial charge on any atom is 0.0349 e. The van der Waals surface area contributed by atoms with Crippen LogP contribution in [-0.4, -0.2) is 0 Å². The van der Waals surface area contributed by atoms with Gasteiger partial charge in [-0.15, -0.1) is 0 Å². The van der Waals surface area contributed by atoms with Gasteiger partial charge in [-0.3, -0.25) is 0 Å². The lowest BCUT2D eigenvalue weighted by atomic mass is 9.85. The van der Waals surface area contributed by atoms with Gasteiger partial charge in [-0.25, -0.2) is 0 Å².